The van der Waals surface area contributed by atoms with Crippen molar-refractivity contribution in [2.45, 2.75) is 25.7 Å². The van der Waals surface area contributed by atoms with Gasteiger partial charge in [-0.15, -0.1) is 10.2 Å². The lowest BCUT2D eigenvalue weighted by Crippen LogP contribution is -2.21. The highest BCUT2D eigenvalue weighted by Gasteiger charge is 2.51. The van der Waals surface area contributed by atoms with Crippen LogP contribution in [0.5, 0.6) is 0 Å². The fraction of sp³-hybridized carbons (Fsp3) is 0.833. The monoisotopic (exact) mass is 160 g/mol. The molecule has 0 N–H and O–H groups in total. The van der Waals surface area contributed by atoms with Crippen LogP contribution in [0.15, 0.2) is 10.2 Å². The highest BCUT2D eigenvalue weighted by Crippen LogP contribution is 2.30. The van der Waals surface area contributed by atoms with Gasteiger partial charge in [0.15, 0.2) is 0 Å². The molecule has 5 heteroatoms. The molecule has 4 nitrogen and oxygen atoms in total. The van der Waals surface area contributed by atoms with Gasteiger partial charge in [-0.05, 0) is 6.42 Å². The molecule has 0 amide bonds. The van der Waals surface area contributed by atoms with E-state index < -0.39 is 11.9 Å². The summed E-state index contributed by atoms with van der Waals surface area (Å²) in [6.45, 7) is 2.19. The number of ether oxygens (including phenoxy) is 1. The molecule has 0 bridgehead atoms. The first-order valence-corrected chi connectivity index (χ1v) is 3.49. The average Bonchev–Trinajstić information content (AvgIpc) is 2.70. The fourth-order valence-electron chi connectivity index (χ4n) is 0.527. The van der Waals surface area contributed by atoms with Crippen LogP contribution in [0.25, 0.3) is 0 Å². The number of carbonyl (C=O) groups excluding carboxylic acids is 1. The first-order valence-electron chi connectivity index (χ1n) is 3.49. The van der Waals surface area contributed by atoms with Gasteiger partial charge in [0.2, 0.25) is 0 Å². The Balaban J connectivity index is 2.12. The maximum atomic E-state index is 12.5. The van der Waals surface area contributed by atoms with Crippen molar-refractivity contribution in [1.82, 2.24) is 0 Å². The summed E-state index contributed by atoms with van der Waals surface area (Å²) in [5.41, 5.74) is 0. The highest BCUT2D eigenvalue weighted by atomic mass is 19.2. The predicted octanol–water partition coefficient (Wildman–Crippen LogP) is 1.42. The van der Waals surface area contributed by atoms with Crippen LogP contribution in [0.4, 0.5) is 4.39 Å². The number of hydrogen-bond donors (Lipinski definition) is 0. The largest absolute Gasteiger partial charge is 0.460 e. The molecule has 1 aliphatic heterocycles. The third-order valence-corrected chi connectivity index (χ3v) is 1.27. The normalized spacial score (nSPS) is 18.0. The second-order valence-electron chi connectivity index (χ2n) is 2.28. The van der Waals surface area contributed by atoms with Crippen molar-refractivity contribution in [1.29, 1.82) is 0 Å². The number of hydrogen-bond acceptors (Lipinski definition) is 4. The third kappa shape index (κ3) is 1.96. The van der Waals surface area contributed by atoms with Crippen LogP contribution in [-0.2, 0) is 9.53 Å². The van der Waals surface area contributed by atoms with Gasteiger partial charge in [-0.25, -0.2) is 4.79 Å². The molecule has 0 saturated carbocycles. The minimum atomic E-state index is -2.35. The van der Waals surface area contributed by atoms with Gasteiger partial charge < -0.3 is 4.74 Å². The van der Waals surface area contributed by atoms with E-state index in [1.807, 2.05) is 6.92 Å². The van der Waals surface area contributed by atoms with E-state index in [0.717, 1.165) is 12.8 Å². The summed E-state index contributed by atoms with van der Waals surface area (Å²) < 4.78 is 17.0. The Morgan fingerprint density at radius 1 is 1.64 bits per heavy atom. The van der Waals surface area contributed by atoms with E-state index >= 15 is 0 Å². The highest BCUT2D eigenvalue weighted by molar-refractivity contribution is 5.80. The van der Waals surface area contributed by atoms with E-state index in [9.17, 15) is 9.18 Å². The molecule has 0 aromatic carbocycles. The van der Waals surface area contributed by atoms with Crippen LogP contribution >= 0.6 is 0 Å². The zero-order valence-electron chi connectivity index (χ0n) is 6.21. The molecule has 62 valence electrons. The van der Waals surface area contributed by atoms with Crippen molar-refractivity contribution in [3.05, 3.63) is 0 Å². The van der Waals surface area contributed by atoms with Crippen molar-refractivity contribution in [2.24, 2.45) is 10.2 Å². The van der Waals surface area contributed by atoms with Crippen molar-refractivity contribution in [3.63, 3.8) is 0 Å². The van der Waals surface area contributed by atoms with Gasteiger partial charge in [0.05, 0.1) is 6.61 Å². The second kappa shape index (κ2) is 2.94. The first kappa shape index (κ1) is 8.10. The molecular formula is C6H9FN2O2. The van der Waals surface area contributed by atoms with Crippen LogP contribution < -0.4 is 0 Å². The van der Waals surface area contributed by atoms with Gasteiger partial charge >= 0.3 is 11.9 Å². The third-order valence-electron chi connectivity index (χ3n) is 1.27. The van der Waals surface area contributed by atoms with E-state index in [2.05, 4.69) is 15.0 Å². The summed E-state index contributed by atoms with van der Waals surface area (Å²) in [5, 5.41) is 5.79. The quantitative estimate of drug-likeness (QED) is 0.354. The number of esters is 1. The Morgan fingerprint density at radius 2 is 2.27 bits per heavy atom. The van der Waals surface area contributed by atoms with Crippen molar-refractivity contribution in [2.75, 3.05) is 6.61 Å². The number of rotatable bonds is 4. The van der Waals surface area contributed by atoms with Crippen LogP contribution in [0, 0.1) is 0 Å². The summed E-state index contributed by atoms with van der Waals surface area (Å²) in [6.07, 6.45) is 1.64. The molecule has 1 rings (SSSR count). The summed E-state index contributed by atoms with van der Waals surface area (Å²) in [6, 6.07) is 0. The predicted molar refractivity (Wildman–Crippen MR) is 34.6 cm³/mol. The first-order chi connectivity index (χ1) is 5.19. The van der Waals surface area contributed by atoms with Gasteiger partial charge in [-0.1, -0.05) is 13.3 Å². The molecule has 0 atom stereocenters. The minimum absolute atomic E-state index is 0.242. The molecule has 0 saturated heterocycles. The molecule has 0 aromatic rings. The second-order valence-corrected chi connectivity index (χ2v) is 2.28. The maximum Gasteiger partial charge on any atom is 0.426 e. The lowest BCUT2D eigenvalue weighted by atomic mass is 10.4. The number of carbonyl (C=O) groups is 1. The van der Waals surface area contributed by atoms with Gasteiger partial charge in [-0.3, -0.25) is 0 Å². The molecule has 0 aliphatic carbocycles. The summed E-state index contributed by atoms with van der Waals surface area (Å²) in [7, 11) is 0. The Morgan fingerprint density at radius 3 is 2.73 bits per heavy atom. The number of unbranched alkanes of at least 4 members (excludes halogenated alkanes) is 1. The zero-order valence-corrected chi connectivity index (χ0v) is 6.21. The number of alkyl halides is 1. The SMILES string of the molecule is CCCCOC(=O)C1(F)N=N1. The molecule has 11 heavy (non-hydrogen) atoms. The zero-order chi connectivity index (χ0) is 8.32. The van der Waals surface area contributed by atoms with E-state index in [0.29, 0.717) is 0 Å². The smallest absolute Gasteiger partial charge is 0.426 e. The van der Waals surface area contributed by atoms with Crippen molar-refractivity contribution in [3.8, 4) is 0 Å². The molecule has 1 aliphatic rings. The van der Waals surface area contributed by atoms with E-state index in [1.54, 1.807) is 0 Å². The van der Waals surface area contributed by atoms with Crippen LogP contribution in [-0.4, -0.2) is 18.5 Å². The molecule has 1 heterocycles. The summed E-state index contributed by atoms with van der Waals surface area (Å²) in [5.74, 6) is -3.35. The lowest BCUT2D eigenvalue weighted by Gasteiger charge is -2.01. The standard InChI is InChI=1S/C6H9FN2O2/c1-2-3-4-11-5(10)6(7)8-9-6/h2-4H2,1H3. The Hall–Kier alpha value is -1.00. The van der Waals surface area contributed by atoms with Gasteiger partial charge in [0.25, 0.3) is 0 Å². The number of nitrogens with zero attached hydrogens (tertiary/aromatic N) is 2. The summed E-state index contributed by atoms with van der Waals surface area (Å²) in [4.78, 5) is 10.6. The van der Waals surface area contributed by atoms with E-state index in [4.69, 9.17) is 0 Å². The Bertz CT molecular complexity index is 187. The minimum Gasteiger partial charge on any atom is -0.460 e. The lowest BCUT2D eigenvalue weighted by molar-refractivity contribution is -0.152. The van der Waals surface area contributed by atoms with Crippen molar-refractivity contribution < 1.29 is 13.9 Å². The molecule has 0 unspecified atom stereocenters. The summed E-state index contributed by atoms with van der Waals surface area (Å²) >= 11 is 0. The molecule has 0 fully saturated rings. The van der Waals surface area contributed by atoms with E-state index in [1.165, 1.54) is 0 Å². The van der Waals surface area contributed by atoms with Gasteiger partial charge in [0.1, 0.15) is 0 Å². The van der Waals surface area contributed by atoms with Crippen LogP contribution in [0.3, 0.4) is 0 Å². The van der Waals surface area contributed by atoms with Gasteiger partial charge in [-0.2, -0.15) is 4.39 Å². The average molecular weight is 160 g/mol. The maximum absolute atomic E-state index is 12.5. The molecule has 0 aromatic heterocycles. The molecular weight excluding hydrogens is 151 g/mol. The Labute approximate surface area is 63.4 Å². The van der Waals surface area contributed by atoms with E-state index in [-0.39, 0.29) is 6.61 Å². The van der Waals surface area contributed by atoms with Crippen LogP contribution in [0.2, 0.25) is 0 Å². The topological polar surface area (TPSA) is 51.0 Å². The van der Waals surface area contributed by atoms with Crippen molar-refractivity contribution >= 4 is 5.97 Å². The molecule has 0 spiro atoms. The Kier molecular flexibility index (Phi) is 2.16. The number of halogens is 1. The van der Waals surface area contributed by atoms with Crippen LogP contribution in [0.1, 0.15) is 19.8 Å². The molecule has 0 radical (unpaired) electrons. The fourth-order valence-corrected chi connectivity index (χ4v) is 0.527. The van der Waals surface area contributed by atoms with Gasteiger partial charge in [0, 0.05) is 0 Å².